The zero-order valence-corrected chi connectivity index (χ0v) is 12.5. The van der Waals surface area contributed by atoms with Crippen molar-refractivity contribution in [3.63, 3.8) is 0 Å². The van der Waals surface area contributed by atoms with E-state index in [4.69, 9.17) is 4.74 Å². The zero-order valence-electron chi connectivity index (χ0n) is 12.5. The second-order valence-corrected chi connectivity index (χ2v) is 6.73. The number of hydrogen-bond acceptors (Lipinski definition) is 3. The van der Waals surface area contributed by atoms with Gasteiger partial charge in [0.2, 0.25) is 0 Å². The summed E-state index contributed by atoms with van der Waals surface area (Å²) in [5.74, 6) is -0.00875. The molecule has 1 rings (SSSR count). The van der Waals surface area contributed by atoms with E-state index in [1.165, 1.54) is 7.11 Å². The van der Waals surface area contributed by atoms with Crippen LogP contribution < -0.4 is 0 Å². The van der Waals surface area contributed by atoms with Gasteiger partial charge in [0.15, 0.2) is 0 Å². The van der Waals surface area contributed by atoms with Crippen molar-refractivity contribution in [2.24, 2.45) is 17.3 Å². The Bertz CT molecular complexity index is 283. The molecule has 1 unspecified atom stereocenters. The molecule has 0 aliphatic heterocycles. The van der Waals surface area contributed by atoms with Crippen molar-refractivity contribution < 1.29 is 14.6 Å². The lowest BCUT2D eigenvalue weighted by Crippen LogP contribution is -2.46. The van der Waals surface area contributed by atoms with Gasteiger partial charge in [-0.3, -0.25) is 4.79 Å². The van der Waals surface area contributed by atoms with Crippen LogP contribution in [0.4, 0.5) is 0 Å². The molecule has 106 valence electrons. The van der Waals surface area contributed by atoms with E-state index in [-0.39, 0.29) is 17.3 Å². The van der Waals surface area contributed by atoms with Crippen LogP contribution in [0.3, 0.4) is 0 Å². The lowest BCUT2D eigenvalue weighted by Gasteiger charge is -2.43. The third-order valence-corrected chi connectivity index (χ3v) is 4.62. The highest BCUT2D eigenvalue weighted by Gasteiger charge is 2.45. The summed E-state index contributed by atoms with van der Waals surface area (Å²) < 4.78 is 4.82. The Morgan fingerprint density at radius 3 is 2.22 bits per heavy atom. The molecule has 0 radical (unpaired) electrons. The van der Waals surface area contributed by atoms with Gasteiger partial charge in [-0.1, -0.05) is 27.7 Å². The van der Waals surface area contributed by atoms with Crippen molar-refractivity contribution >= 4 is 5.97 Å². The predicted molar refractivity (Wildman–Crippen MR) is 72.2 cm³/mol. The van der Waals surface area contributed by atoms with Crippen LogP contribution in [-0.4, -0.2) is 23.8 Å². The maximum absolute atomic E-state index is 11.7. The summed E-state index contributed by atoms with van der Waals surface area (Å²) >= 11 is 0. The lowest BCUT2D eigenvalue weighted by atomic mass is 9.65. The second kappa shape index (κ2) is 5.60. The van der Waals surface area contributed by atoms with Crippen LogP contribution >= 0.6 is 0 Å². The Kier molecular flexibility index (Phi) is 4.82. The average molecular weight is 256 g/mol. The third kappa shape index (κ3) is 3.25. The number of ether oxygens (including phenoxy) is 1. The monoisotopic (exact) mass is 256 g/mol. The SMILES string of the molecule is CCC(C(=O)OC)C1(O)CCC(C(C)(C)C)CC1. The smallest absolute Gasteiger partial charge is 0.311 e. The molecular formula is C15H28O3. The molecule has 0 heterocycles. The molecule has 0 aromatic carbocycles. The fourth-order valence-corrected chi connectivity index (χ4v) is 3.24. The molecule has 1 saturated carbocycles. The van der Waals surface area contributed by atoms with Crippen molar-refractivity contribution in [2.75, 3.05) is 7.11 Å². The minimum atomic E-state index is -0.858. The van der Waals surface area contributed by atoms with E-state index >= 15 is 0 Å². The fraction of sp³-hybridized carbons (Fsp3) is 0.933. The molecule has 1 N–H and O–H groups in total. The number of rotatable bonds is 3. The largest absolute Gasteiger partial charge is 0.469 e. The molecule has 3 heteroatoms. The molecule has 1 fully saturated rings. The summed E-state index contributed by atoms with van der Waals surface area (Å²) in [4.78, 5) is 11.7. The lowest BCUT2D eigenvalue weighted by molar-refractivity contribution is -0.160. The predicted octanol–water partition coefficient (Wildman–Crippen LogP) is 3.15. The first-order valence-corrected chi connectivity index (χ1v) is 7.05. The molecule has 1 aliphatic rings. The summed E-state index contributed by atoms with van der Waals surface area (Å²) in [6.45, 7) is 8.69. The van der Waals surface area contributed by atoms with Crippen LogP contribution in [0.5, 0.6) is 0 Å². The molecular weight excluding hydrogens is 228 g/mol. The molecule has 0 aromatic heterocycles. The van der Waals surface area contributed by atoms with Crippen LogP contribution in [0.25, 0.3) is 0 Å². The number of esters is 1. The van der Waals surface area contributed by atoms with Crippen LogP contribution in [0, 0.1) is 17.3 Å². The Labute approximate surface area is 111 Å². The van der Waals surface area contributed by atoms with Gasteiger partial charge >= 0.3 is 5.97 Å². The second-order valence-electron chi connectivity index (χ2n) is 6.73. The number of carbonyl (C=O) groups is 1. The summed E-state index contributed by atoms with van der Waals surface area (Å²) in [7, 11) is 1.40. The molecule has 0 aromatic rings. The Balaban J connectivity index is 2.71. The highest BCUT2D eigenvalue weighted by molar-refractivity contribution is 5.73. The molecule has 0 amide bonds. The molecule has 1 aliphatic carbocycles. The molecule has 18 heavy (non-hydrogen) atoms. The molecule has 0 saturated heterocycles. The van der Waals surface area contributed by atoms with Crippen molar-refractivity contribution in [1.82, 2.24) is 0 Å². The zero-order chi connectivity index (χ0) is 14.0. The van der Waals surface area contributed by atoms with E-state index < -0.39 is 5.60 Å². The number of methoxy groups -OCH3 is 1. The summed E-state index contributed by atoms with van der Waals surface area (Å²) in [5.41, 5.74) is -0.572. The summed E-state index contributed by atoms with van der Waals surface area (Å²) in [5, 5.41) is 10.7. The molecule has 1 atom stereocenters. The van der Waals surface area contributed by atoms with Gasteiger partial charge in [0.25, 0.3) is 0 Å². The van der Waals surface area contributed by atoms with Crippen LogP contribution in [0.2, 0.25) is 0 Å². The van der Waals surface area contributed by atoms with Crippen molar-refractivity contribution in [3.05, 3.63) is 0 Å². The highest BCUT2D eigenvalue weighted by Crippen LogP contribution is 2.44. The molecule has 0 bridgehead atoms. The van der Waals surface area contributed by atoms with Crippen LogP contribution in [0.1, 0.15) is 59.8 Å². The van der Waals surface area contributed by atoms with Crippen molar-refractivity contribution in [2.45, 2.75) is 65.4 Å². The summed E-state index contributed by atoms with van der Waals surface area (Å²) in [6.07, 6.45) is 4.05. The van der Waals surface area contributed by atoms with Crippen molar-refractivity contribution in [1.29, 1.82) is 0 Å². The first-order valence-electron chi connectivity index (χ1n) is 7.05. The van der Waals surface area contributed by atoms with Gasteiger partial charge in [0, 0.05) is 0 Å². The van der Waals surface area contributed by atoms with Gasteiger partial charge in [0.1, 0.15) is 0 Å². The van der Waals surface area contributed by atoms with Gasteiger partial charge in [-0.25, -0.2) is 0 Å². The standard InChI is InChI=1S/C15H28O3/c1-6-12(13(16)18-5)15(17)9-7-11(8-10-15)14(2,3)4/h11-12,17H,6-10H2,1-5H3. The minimum absolute atomic E-state index is 0.269. The van der Waals surface area contributed by atoms with E-state index in [0.717, 1.165) is 12.8 Å². The van der Waals surface area contributed by atoms with Crippen molar-refractivity contribution in [3.8, 4) is 0 Å². The first kappa shape index (κ1) is 15.5. The van der Waals surface area contributed by atoms with Gasteiger partial charge < -0.3 is 9.84 Å². The van der Waals surface area contributed by atoms with E-state index in [1.54, 1.807) is 0 Å². The fourth-order valence-electron chi connectivity index (χ4n) is 3.24. The van der Waals surface area contributed by atoms with Crippen LogP contribution in [0.15, 0.2) is 0 Å². The third-order valence-electron chi connectivity index (χ3n) is 4.62. The molecule has 3 nitrogen and oxygen atoms in total. The molecule has 0 spiro atoms. The van der Waals surface area contributed by atoms with Gasteiger partial charge in [0.05, 0.1) is 18.6 Å². The van der Waals surface area contributed by atoms with Gasteiger partial charge in [-0.05, 0) is 43.4 Å². The van der Waals surface area contributed by atoms with Crippen LogP contribution in [-0.2, 0) is 9.53 Å². The normalized spacial score (nSPS) is 30.9. The van der Waals surface area contributed by atoms with Gasteiger partial charge in [-0.15, -0.1) is 0 Å². The number of hydrogen-bond donors (Lipinski definition) is 1. The van der Waals surface area contributed by atoms with Gasteiger partial charge in [-0.2, -0.15) is 0 Å². The maximum Gasteiger partial charge on any atom is 0.311 e. The van der Waals surface area contributed by atoms with E-state index in [1.807, 2.05) is 6.92 Å². The quantitative estimate of drug-likeness (QED) is 0.789. The minimum Gasteiger partial charge on any atom is -0.469 e. The Morgan fingerprint density at radius 1 is 1.39 bits per heavy atom. The van der Waals surface area contributed by atoms with E-state index in [0.29, 0.717) is 25.2 Å². The Morgan fingerprint density at radius 2 is 1.89 bits per heavy atom. The highest BCUT2D eigenvalue weighted by atomic mass is 16.5. The Hall–Kier alpha value is -0.570. The maximum atomic E-state index is 11.7. The topological polar surface area (TPSA) is 46.5 Å². The number of aliphatic hydroxyl groups is 1. The summed E-state index contributed by atoms with van der Waals surface area (Å²) in [6, 6.07) is 0. The van der Waals surface area contributed by atoms with E-state index in [9.17, 15) is 9.90 Å². The first-order chi connectivity index (χ1) is 8.24. The average Bonchev–Trinajstić information content (AvgIpc) is 2.28. The van der Waals surface area contributed by atoms with E-state index in [2.05, 4.69) is 20.8 Å². The number of carbonyl (C=O) groups excluding carboxylic acids is 1.